The van der Waals surface area contributed by atoms with E-state index >= 15 is 0 Å². The van der Waals surface area contributed by atoms with Crippen LogP contribution in [0.4, 0.5) is 11.7 Å². The number of hydrogen-bond acceptors (Lipinski definition) is 5. The van der Waals surface area contributed by atoms with Crippen molar-refractivity contribution in [2.24, 2.45) is 5.73 Å². The van der Waals surface area contributed by atoms with Crippen molar-refractivity contribution in [1.29, 1.82) is 0 Å². The lowest BCUT2D eigenvalue weighted by molar-refractivity contribution is 0.511. The summed E-state index contributed by atoms with van der Waals surface area (Å²) in [6.45, 7) is 0.226. The normalized spacial score (nSPS) is 10.3. The van der Waals surface area contributed by atoms with Gasteiger partial charge in [0.2, 0.25) is 5.89 Å². The van der Waals surface area contributed by atoms with Crippen LogP contribution < -0.4 is 11.1 Å². The molecule has 0 aliphatic heterocycles. The predicted molar refractivity (Wildman–Crippen MR) is 56.9 cm³/mol. The highest BCUT2D eigenvalue weighted by Gasteiger charge is 2.04. The van der Waals surface area contributed by atoms with E-state index in [4.69, 9.17) is 21.8 Å². The Bertz CT molecular complexity index is 457. The van der Waals surface area contributed by atoms with Gasteiger partial charge in [-0.15, -0.1) is 5.10 Å². The van der Waals surface area contributed by atoms with Gasteiger partial charge in [0.05, 0.1) is 6.54 Å². The van der Waals surface area contributed by atoms with Crippen LogP contribution in [0.1, 0.15) is 5.89 Å². The second-order valence-corrected chi connectivity index (χ2v) is 3.28. The van der Waals surface area contributed by atoms with E-state index in [1.54, 1.807) is 12.1 Å². The van der Waals surface area contributed by atoms with Crippen LogP contribution >= 0.6 is 11.6 Å². The molecule has 0 saturated carbocycles. The molecule has 2 aromatic rings. The van der Waals surface area contributed by atoms with E-state index in [9.17, 15) is 0 Å². The van der Waals surface area contributed by atoms with Gasteiger partial charge in [-0.2, -0.15) is 0 Å². The van der Waals surface area contributed by atoms with Gasteiger partial charge in [0.25, 0.3) is 0 Å². The molecule has 1 aromatic carbocycles. The van der Waals surface area contributed by atoms with Crippen molar-refractivity contribution >= 4 is 23.3 Å². The molecule has 2 rings (SSSR count). The summed E-state index contributed by atoms with van der Waals surface area (Å²) in [5.74, 6) is 0.388. The average molecular weight is 225 g/mol. The van der Waals surface area contributed by atoms with E-state index in [-0.39, 0.29) is 6.54 Å². The monoisotopic (exact) mass is 224 g/mol. The number of nitrogens with two attached hydrogens (primary N) is 1. The molecule has 0 atom stereocenters. The molecule has 78 valence electrons. The molecule has 0 aliphatic carbocycles. The highest BCUT2D eigenvalue weighted by Crippen LogP contribution is 2.18. The molecule has 6 heteroatoms. The van der Waals surface area contributed by atoms with Gasteiger partial charge < -0.3 is 15.5 Å². The first-order valence-corrected chi connectivity index (χ1v) is 4.71. The summed E-state index contributed by atoms with van der Waals surface area (Å²) in [5, 5.41) is 11.0. The number of aromatic nitrogens is 2. The quantitative estimate of drug-likeness (QED) is 0.833. The number of nitrogens with one attached hydrogen (secondary N) is 1. The van der Waals surface area contributed by atoms with Crippen molar-refractivity contribution < 1.29 is 4.42 Å². The fourth-order valence-electron chi connectivity index (χ4n) is 1.08. The summed E-state index contributed by atoms with van der Waals surface area (Å²) in [6, 6.07) is 7.51. The summed E-state index contributed by atoms with van der Waals surface area (Å²) in [6.07, 6.45) is 0. The van der Waals surface area contributed by atoms with Crippen molar-refractivity contribution in [1.82, 2.24) is 10.2 Å². The third-order valence-electron chi connectivity index (χ3n) is 1.72. The topological polar surface area (TPSA) is 77.0 Å². The van der Waals surface area contributed by atoms with E-state index in [0.29, 0.717) is 16.9 Å². The second kappa shape index (κ2) is 4.29. The first-order valence-electron chi connectivity index (χ1n) is 4.33. The van der Waals surface area contributed by atoms with Crippen LogP contribution in [-0.2, 0) is 6.54 Å². The minimum absolute atomic E-state index is 0.226. The highest BCUT2D eigenvalue weighted by molar-refractivity contribution is 6.30. The Morgan fingerprint density at radius 1 is 1.40 bits per heavy atom. The van der Waals surface area contributed by atoms with Crippen molar-refractivity contribution in [3.05, 3.63) is 35.2 Å². The van der Waals surface area contributed by atoms with Crippen LogP contribution in [0.2, 0.25) is 5.02 Å². The fraction of sp³-hybridized carbons (Fsp3) is 0.111. The van der Waals surface area contributed by atoms with Crippen molar-refractivity contribution in [3.63, 3.8) is 0 Å². The molecule has 0 radical (unpaired) electrons. The highest BCUT2D eigenvalue weighted by atomic mass is 35.5. The molecule has 0 fully saturated rings. The molecule has 0 saturated heterocycles. The summed E-state index contributed by atoms with van der Waals surface area (Å²) in [4.78, 5) is 0. The SMILES string of the molecule is NCc1nnc(Nc2cccc(Cl)c2)o1. The van der Waals surface area contributed by atoms with Gasteiger partial charge in [0.1, 0.15) is 0 Å². The number of anilines is 2. The number of rotatable bonds is 3. The molecule has 0 spiro atoms. The molecule has 5 nitrogen and oxygen atoms in total. The van der Waals surface area contributed by atoms with E-state index < -0.39 is 0 Å². The molecular formula is C9H9ClN4O. The number of nitrogens with zero attached hydrogens (tertiary/aromatic N) is 2. The van der Waals surface area contributed by atoms with Gasteiger partial charge >= 0.3 is 6.01 Å². The van der Waals surface area contributed by atoms with Gasteiger partial charge in [-0.1, -0.05) is 22.8 Å². The van der Waals surface area contributed by atoms with Gasteiger partial charge in [0.15, 0.2) is 0 Å². The first-order chi connectivity index (χ1) is 7.28. The molecule has 0 unspecified atom stereocenters. The average Bonchev–Trinajstić information content (AvgIpc) is 2.65. The molecular weight excluding hydrogens is 216 g/mol. The Balaban J connectivity index is 2.14. The molecule has 0 aliphatic rings. The third kappa shape index (κ3) is 2.45. The second-order valence-electron chi connectivity index (χ2n) is 2.84. The number of hydrogen-bond donors (Lipinski definition) is 2. The van der Waals surface area contributed by atoms with Crippen LogP contribution in [-0.4, -0.2) is 10.2 Å². The molecule has 1 aromatic heterocycles. The van der Waals surface area contributed by atoms with E-state index in [0.717, 1.165) is 5.69 Å². The van der Waals surface area contributed by atoms with Crippen LogP contribution in [0.5, 0.6) is 0 Å². The summed E-state index contributed by atoms with van der Waals surface area (Å²) < 4.78 is 5.18. The lowest BCUT2D eigenvalue weighted by Crippen LogP contribution is -1.95. The van der Waals surface area contributed by atoms with Gasteiger partial charge in [-0.05, 0) is 18.2 Å². The zero-order valence-electron chi connectivity index (χ0n) is 7.77. The van der Waals surface area contributed by atoms with E-state index in [1.807, 2.05) is 12.1 Å². The van der Waals surface area contributed by atoms with E-state index in [1.165, 1.54) is 0 Å². The standard InChI is InChI=1S/C9H9ClN4O/c10-6-2-1-3-7(4-6)12-9-14-13-8(5-11)15-9/h1-4H,5,11H2,(H,12,14). The third-order valence-corrected chi connectivity index (χ3v) is 1.95. The Labute approximate surface area is 91.2 Å². The van der Waals surface area contributed by atoms with E-state index in [2.05, 4.69) is 15.5 Å². The van der Waals surface area contributed by atoms with Crippen LogP contribution in [0.25, 0.3) is 0 Å². The van der Waals surface area contributed by atoms with Crippen molar-refractivity contribution in [2.45, 2.75) is 6.54 Å². The molecule has 0 bridgehead atoms. The smallest absolute Gasteiger partial charge is 0.320 e. The maximum absolute atomic E-state index is 5.82. The zero-order chi connectivity index (χ0) is 10.7. The van der Waals surface area contributed by atoms with Crippen LogP contribution in [0.3, 0.4) is 0 Å². The number of benzene rings is 1. The molecule has 0 amide bonds. The van der Waals surface area contributed by atoms with Crippen molar-refractivity contribution in [2.75, 3.05) is 5.32 Å². The number of halogens is 1. The Morgan fingerprint density at radius 2 is 2.27 bits per heavy atom. The molecule has 3 N–H and O–H groups in total. The van der Waals surface area contributed by atoms with Crippen LogP contribution in [0, 0.1) is 0 Å². The Hall–Kier alpha value is -1.59. The molecule has 15 heavy (non-hydrogen) atoms. The minimum atomic E-state index is 0.226. The Morgan fingerprint density at radius 3 is 2.93 bits per heavy atom. The minimum Gasteiger partial charge on any atom is -0.406 e. The lowest BCUT2D eigenvalue weighted by atomic mass is 10.3. The van der Waals surface area contributed by atoms with Gasteiger partial charge in [0, 0.05) is 10.7 Å². The van der Waals surface area contributed by atoms with Crippen LogP contribution in [0.15, 0.2) is 28.7 Å². The summed E-state index contributed by atoms with van der Waals surface area (Å²) in [5.41, 5.74) is 6.12. The van der Waals surface area contributed by atoms with Crippen molar-refractivity contribution in [3.8, 4) is 0 Å². The first kappa shape index (κ1) is 9.95. The largest absolute Gasteiger partial charge is 0.406 e. The summed E-state index contributed by atoms with van der Waals surface area (Å²) >= 11 is 5.82. The Kier molecular flexibility index (Phi) is 2.84. The fourth-order valence-corrected chi connectivity index (χ4v) is 1.27. The maximum Gasteiger partial charge on any atom is 0.320 e. The zero-order valence-corrected chi connectivity index (χ0v) is 8.53. The predicted octanol–water partition coefficient (Wildman–Crippen LogP) is 1.93. The lowest BCUT2D eigenvalue weighted by Gasteiger charge is -2.00. The van der Waals surface area contributed by atoms with Gasteiger partial charge in [-0.25, -0.2) is 0 Å². The molecule has 1 heterocycles. The maximum atomic E-state index is 5.82. The summed E-state index contributed by atoms with van der Waals surface area (Å²) in [7, 11) is 0. The van der Waals surface area contributed by atoms with Gasteiger partial charge in [-0.3, -0.25) is 0 Å².